The fourth-order valence-corrected chi connectivity index (χ4v) is 1.94. The highest BCUT2D eigenvalue weighted by atomic mass is 35.5. The molecule has 0 unspecified atom stereocenters. The van der Waals surface area contributed by atoms with Crippen LogP contribution >= 0.6 is 34.8 Å². The second kappa shape index (κ2) is 5.52. The molecule has 18 heavy (non-hydrogen) atoms. The van der Waals surface area contributed by atoms with Crippen LogP contribution in [0.1, 0.15) is 10.4 Å². The van der Waals surface area contributed by atoms with Crippen molar-refractivity contribution in [1.29, 1.82) is 0 Å². The first-order valence-electron chi connectivity index (χ1n) is 4.81. The molecule has 1 aromatic heterocycles. The lowest BCUT2D eigenvalue weighted by molar-refractivity contribution is 0.102. The Morgan fingerprint density at radius 1 is 1.06 bits per heavy atom. The molecule has 1 N–H and O–H groups in total. The summed E-state index contributed by atoms with van der Waals surface area (Å²) in [4.78, 5) is 19.6. The van der Waals surface area contributed by atoms with Crippen LogP contribution in [0.2, 0.25) is 15.2 Å². The molecule has 2 rings (SSSR count). The van der Waals surface area contributed by atoms with Gasteiger partial charge in [-0.3, -0.25) is 4.79 Å². The molecule has 0 saturated carbocycles. The van der Waals surface area contributed by atoms with Crippen LogP contribution in [0.3, 0.4) is 0 Å². The lowest BCUT2D eigenvalue weighted by atomic mass is 10.2. The van der Waals surface area contributed by atoms with E-state index in [2.05, 4.69) is 15.3 Å². The number of nitrogens with one attached hydrogen (secondary N) is 1. The standard InChI is InChI=1S/C11H6Cl3N3O/c12-6-2-1-3-7(13)10(6)11(18)17-9-5-15-8(14)4-16-9/h1-5H,(H,16,17,18). The Morgan fingerprint density at radius 2 is 1.72 bits per heavy atom. The summed E-state index contributed by atoms with van der Waals surface area (Å²) in [5.74, 6) is -0.192. The topological polar surface area (TPSA) is 54.9 Å². The van der Waals surface area contributed by atoms with Gasteiger partial charge in [0.1, 0.15) is 5.15 Å². The Labute approximate surface area is 118 Å². The number of nitrogens with zero attached hydrogens (tertiary/aromatic N) is 2. The highest BCUT2D eigenvalue weighted by molar-refractivity contribution is 6.40. The average molecular weight is 303 g/mol. The van der Waals surface area contributed by atoms with E-state index >= 15 is 0 Å². The fourth-order valence-electron chi connectivity index (χ4n) is 1.27. The minimum Gasteiger partial charge on any atom is -0.305 e. The molecule has 0 fully saturated rings. The van der Waals surface area contributed by atoms with Crippen molar-refractivity contribution in [3.8, 4) is 0 Å². The third kappa shape index (κ3) is 2.90. The molecule has 0 saturated heterocycles. The van der Waals surface area contributed by atoms with Gasteiger partial charge in [-0.15, -0.1) is 0 Å². The summed E-state index contributed by atoms with van der Waals surface area (Å²) in [6.45, 7) is 0. The molecule has 7 heteroatoms. The first kappa shape index (κ1) is 13.1. The molecule has 0 radical (unpaired) electrons. The van der Waals surface area contributed by atoms with E-state index in [1.165, 1.54) is 12.4 Å². The maximum Gasteiger partial charge on any atom is 0.259 e. The summed E-state index contributed by atoms with van der Waals surface area (Å²) in [6.07, 6.45) is 2.66. The molecular formula is C11H6Cl3N3O. The van der Waals surface area contributed by atoms with Gasteiger partial charge < -0.3 is 5.32 Å². The third-order valence-electron chi connectivity index (χ3n) is 2.05. The first-order valence-corrected chi connectivity index (χ1v) is 5.94. The largest absolute Gasteiger partial charge is 0.305 e. The monoisotopic (exact) mass is 301 g/mol. The summed E-state index contributed by atoms with van der Waals surface area (Å²) >= 11 is 17.4. The fraction of sp³-hybridized carbons (Fsp3) is 0. The lowest BCUT2D eigenvalue weighted by Gasteiger charge is -2.07. The Balaban J connectivity index is 2.25. The van der Waals surface area contributed by atoms with E-state index in [9.17, 15) is 4.79 Å². The number of carbonyl (C=O) groups excluding carboxylic acids is 1. The van der Waals surface area contributed by atoms with Crippen LogP contribution < -0.4 is 5.32 Å². The van der Waals surface area contributed by atoms with E-state index in [0.29, 0.717) is 0 Å². The van der Waals surface area contributed by atoms with Gasteiger partial charge >= 0.3 is 0 Å². The average Bonchev–Trinajstić information content (AvgIpc) is 2.32. The third-order valence-corrected chi connectivity index (χ3v) is 2.88. The van der Waals surface area contributed by atoms with Crippen LogP contribution in [0.25, 0.3) is 0 Å². The first-order chi connectivity index (χ1) is 8.58. The molecule has 92 valence electrons. The maximum absolute atomic E-state index is 12.0. The highest BCUT2D eigenvalue weighted by Crippen LogP contribution is 2.24. The highest BCUT2D eigenvalue weighted by Gasteiger charge is 2.15. The molecule has 1 aromatic carbocycles. The molecule has 2 aromatic rings. The zero-order valence-corrected chi connectivity index (χ0v) is 11.1. The van der Waals surface area contributed by atoms with E-state index in [-0.39, 0.29) is 26.6 Å². The van der Waals surface area contributed by atoms with Gasteiger partial charge in [0.25, 0.3) is 5.91 Å². The SMILES string of the molecule is O=C(Nc1cnc(Cl)cn1)c1c(Cl)cccc1Cl. The Morgan fingerprint density at radius 3 is 2.28 bits per heavy atom. The van der Waals surface area contributed by atoms with Crippen LogP contribution in [0.15, 0.2) is 30.6 Å². The number of aromatic nitrogens is 2. The number of amides is 1. The van der Waals surface area contributed by atoms with Crippen LogP contribution in [-0.2, 0) is 0 Å². The second-order valence-corrected chi connectivity index (χ2v) is 4.48. The van der Waals surface area contributed by atoms with E-state index in [1.54, 1.807) is 18.2 Å². The van der Waals surface area contributed by atoms with Gasteiger partial charge in [-0.2, -0.15) is 0 Å². The van der Waals surface area contributed by atoms with Crippen molar-refractivity contribution in [2.75, 3.05) is 5.32 Å². The van der Waals surface area contributed by atoms with Gasteiger partial charge in [-0.25, -0.2) is 9.97 Å². The molecule has 1 amide bonds. The molecule has 0 aliphatic heterocycles. The van der Waals surface area contributed by atoms with Crippen LogP contribution in [0, 0.1) is 0 Å². The van der Waals surface area contributed by atoms with Crippen molar-refractivity contribution < 1.29 is 4.79 Å². The number of halogens is 3. The second-order valence-electron chi connectivity index (χ2n) is 3.28. The summed E-state index contributed by atoms with van der Waals surface area (Å²) in [5.41, 5.74) is 0.192. The predicted molar refractivity (Wildman–Crippen MR) is 71.5 cm³/mol. The Hall–Kier alpha value is -1.36. The van der Waals surface area contributed by atoms with Gasteiger partial charge in [0.2, 0.25) is 0 Å². The quantitative estimate of drug-likeness (QED) is 0.920. The van der Waals surface area contributed by atoms with Gasteiger partial charge in [-0.1, -0.05) is 40.9 Å². The van der Waals surface area contributed by atoms with Crippen LogP contribution in [-0.4, -0.2) is 15.9 Å². The summed E-state index contributed by atoms with van der Waals surface area (Å²) in [6, 6.07) is 4.81. The number of anilines is 1. The van der Waals surface area contributed by atoms with Crippen molar-refractivity contribution in [3.63, 3.8) is 0 Å². The van der Waals surface area contributed by atoms with Crippen molar-refractivity contribution in [3.05, 3.63) is 51.4 Å². The van der Waals surface area contributed by atoms with Crippen molar-refractivity contribution in [2.45, 2.75) is 0 Å². The number of hydrogen-bond acceptors (Lipinski definition) is 3. The minimum absolute atomic E-state index is 0.192. The van der Waals surface area contributed by atoms with E-state index in [4.69, 9.17) is 34.8 Å². The molecule has 0 spiro atoms. The van der Waals surface area contributed by atoms with E-state index in [0.717, 1.165) is 0 Å². The Kier molecular flexibility index (Phi) is 4.01. The van der Waals surface area contributed by atoms with E-state index in [1.807, 2.05) is 0 Å². The minimum atomic E-state index is -0.456. The molecule has 0 aliphatic rings. The predicted octanol–water partition coefficient (Wildman–Crippen LogP) is 3.69. The number of benzene rings is 1. The number of rotatable bonds is 2. The van der Waals surface area contributed by atoms with Gasteiger partial charge in [0, 0.05) is 0 Å². The smallest absolute Gasteiger partial charge is 0.259 e. The van der Waals surface area contributed by atoms with Gasteiger partial charge in [0.05, 0.1) is 28.0 Å². The molecule has 4 nitrogen and oxygen atoms in total. The van der Waals surface area contributed by atoms with Crippen LogP contribution in [0.4, 0.5) is 5.82 Å². The van der Waals surface area contributed by atoms with Crippen molar-refractivity contribution >= 4 is 46.5 Å². The number of carbonyl (C=O) groups is 1. The molecule has 0 atom stereocenters. The summed E-state index contributed by atoms with van der Waals surface area (Å²) < 4.78 is 0. The molecule has 0 aliphatic carbocycles. The lowest BCUT2D eigenvalue weighted by Crippen LogP contribution is -2.14. The molecule has 1 heterocycles. The normalized spacial score (nSPS) is 10.2. The van der Waals surface area contributed by atoms with Gasteiger partial charge in [0.15, 0.2) is 5.82 Å². The zero-order chi connectivity index (χ0) is 13.1. The van der Waals surface area contributed by atoms with Crippen molar-refractivity contribution in [1.82, 2.24) is 9.97 Å². The maximum atomic E-state index is 12.0. The molecular weight excluding hydrogens is 296 g/mol. The zero-order valence-electron chi connectivity index (χ0n) is 8.82. The Bertz CT molecular complexity index is 566. The van der Waals surface area contributed by atoms with Crippen molar-refractivity contribution in [2.24, 2.45) is 0 Å². The summed E-state index contributed by atoms with van der Waals surface area (Å²) in [5, 5.41) is 3.30. The molecule has 0 bridgehead atoms. The van der Waals surface area contributed by atoms with Crippen LogP contribution in [0.5, 0.6) is 0 Å². The number of hydrogen-bond donors (Lipinski definition) is 1. The van der Waals surface area contributed by atoms with Gasteiger partial charge in [-0.05, 0) is 12.1 Å². The van der Waals surface area contributed by atoms with E-state index < -0.39 is 5.91 Å². The summed E-state index contributed by atoms with van der Waals surface area (Å²) in [7, 11) is 0.